The van der Waals surface area contributed by atoms with Gasteiger partial charge in [0.15, 0.2) is 11.5 Å². The minimum atomic E-state index is -0.438. The topological polar surface area (TPSA) is 42.2 Å². The minimum Gasteiger partial charge on any atom is -0.490 e. The maximum absolute atomic E-state index is 14.1. The van der Waals surface area contributed by atoms with E-state index in [0.29, 0.717) is 34.7 Å². The van der Waals surface area contributed by atoms with Crippen LogP contribution in [0.1, 0.15) is 29.2 Å². The van der Waals surface area contributed by atoms with E-state index in [-0.39, 0.29) is 11.1 Å². The van der Waals surface area contributed by atoms with Crippen LogP contribution in [0.3, 0.4) is 0 Å². The van der Waals surface area contributed by atoms with Crippen LogP contribution in [0.15, 0.2) is 65.1 Å². The molecule has 5 heteroatoms. The molecule has 0 aliphatic heterocycles. The number of hydrogen-bond acceptors (Lipinski definition) is 3. The van der Waals surface area contributed by atoms with Crippen LogP contribution >= 0.6 is 15.9 Å². The number of ether oxygens (including phenoxy) is 2. The Kier molecular flexibility index (Phi) is 7.26. The van der Waals surface area contributed by atoms with Gasteiger partial charge in [0.25, 0.3) is 0 Å². The number of nitriles is 1. The summed E-state index contributed by atoms with van der Waals surface area (Å²) >= 11 is 3.54. The molecule has 0 bridgehead atoms. The highest BCUT2D eigenvalue weighted by Crippen LogP contribution is 2.38. The average molecular weight is 466 g/mol. The van der Waals surface area contributed by atoms with Gasteiger partial charge in [-0.05, 0) is 65.2 Å². The van der Waals surface area contributed by atoms with Crippen molar-refractivity contribution >= 4 is 27.6 Å². The lowest BCUT2D eigenvalue weighted by atomic mass is 10.0. The first kappa shape index (κ1) is 21.6. The zero-order valence-corrected chi connectivity index (χ0v) is 18.4. The van der Waals surface area contributed by atoms with Crippen LogP contribution in [0.2, 0.25) is 0 Å². The van der Waals surface area contributed by atoms with E-state index in [2.05, 4.69) is 22.0 Å². The summed E-state index contributed by atoms with van der Waals surface area (Å²) in [5.74, 6) is 0.697. The van der Waals surface area contributed by atoms with Gasteiger partial charge >= 0.3 is 0 Å². The second-order valence-electron chi connectivity index (χ2n) is 6.69. The van der Waals surface area contributed by atoms with Gasteiger partial charge in [-0.2, -0.15) is 5.26 Å². The Morgan fingerprint density at radius 1 is 1.10 bits per heavy atom. The summed E-state index contributed by atoms with van der Waals surface area (Å²) in [5, 5.41) is 9.54. The van der Waals surface area contributed by atoms with E-state index in [4.69, 9.17) is 9.47 Å². The minimum absolute atomic E-state index is 0.232. The van der Waals surface area contributed by atoms with E-state index in [1.807, 2.05) is 44.2 Å². The Bertz CT molecular complexity index is 1100. The molecule has 0 unspecified atom stereocenters. The second kappa shape index (κ2) is 10.1. The molecule has 3 nitrogen and oxygen atoms in total. The fraction of sp³-hybridized carbons (Fsp3) is 0.160. The first-order valence-corrected chi connectivity index (χ1v) is 10.3. The number of aryl methyl sites for hydroxylation is 1. The van der Waals surface area contributed by atoms with Crippen LogP contribution in [0.25, 0.3) is 11.6 Å². The normalized spacial score (nSPS) is 11.1. The van der Waals surface area contributed by atoms with Crippen LogP contribution in [0, 0.1) is 24.1 Å². The fourth-order valence-corrected chi connectivity index (χ4v) is 3.50. The second-order valence-corrected chi connectivity index (χ2v) is 7.54. The van der Waals surface area contributed by atoms with Gasteiger partial charge in [0.05, 0.1) is 22.7 Å². The highest BCUT2D eigenvalue weighted by Gasteiger charge is 2.14. The van der Waals surface area contributed by atoms with E-state index < -0.39 is 5.82 Å². The summed E-state index contributed by atoms with van der Waals surface area (Å²) in [5.41, 5.74) is 3.43. The van der Waals surface area contributed by atoms with Crippen LogP contribution in [0.4, 0.5) is 4.39 Å². The number of halogens is 2. The van der Waals surface area contributed by atoms with Crippen LogP contribution in [-0.2, 0) is 6.61 Å². The zero-order chi connectivity index (χ0) is 21.5. The molecule has 0 aromatic heterocycles. The van der Waals surface area contributed by atoms with Gasteiger partial charge in [-0.1, -0.05) is 48.0 Å². The lowest BCUT2D eigenvalue weighted by Crippen LogP contribution is -2.01. The van der Waals surface area contributed by atoms with Crippen molar-refractivity contribution in [1.82, 2.24) is 0 Å². The van der Waals surface area contributed by atoms with Gasteiger partial charge in [-0.25, -0.2) is 4.39 Å². The third-order valence-corrected chi connectivity index (χ3v) is 5.02. The molecule has 152 valence electrons. The summed E-state index contributed by atoms with van der Waals surface area (Å²) < 4.78 is 26.6. The van der Waals surface area contributed by atoms with Crippen molar-refractivity contribution in [2.45, 2.75) is 20.5 Å². The summed E-state index contributed by atoms with van der Waals surface area (Å²) in [6.07, 6.45) is 1.63. The van der Waals surface area contributed by atoms with Crippen molar-refractivity contribution in [3.05, 3.63) is 93.2 Å². The molecule has 0 aliphatic carbocycles. The predicted molar refractivity (Wildman–Crippen MR) is 121 cm³/mol. The molecule has 0 atom stereocenters. The third-order valence-electron chi connectivity index (χ3n) is 4.43. The molecule has 3 rings (SSSR count). The molecular formula is C25H21BrFNO2. The number of nitrogens with zero attached hydrogens (tertiary/aromatic N) is 1. The third kappa shape index (κ3) is 5.28. The Morgan fingerprint density at radius 2 is 1.83 bits per heavy atom. The van der Waals surface area contributed by atoms with Gasteiger partial charge < -0.3 is 9.47 Å². The predicted octanol–water partition coefficient (Wildman–Crippen LogP) is 6.94. The van der Waals surface area contributed by atoms with Crippen molar-refractivity contribution in [3.8, 4) is 17.6 Å². The van der Waals surface area contributed by atoms with Gasteiger partial charge in [0.1, 0.15) is 12.4 Å². The van der Waals surface area contributed by atoms with E-state index in [0.717, 1.165) is 5.56 Å². The van der Waals surface area contributed by atoms with Gasteiger partial charge in [0, 0.05) is 5.56 Å². The van der Waals surface area contributed by atoms with Gasteiger partial charge in [-0.3, -0.25) is 0 Å². The number of hydrogen-bond donors (Lipinski definition) is 0. The van der Waals surface area contributed by atoms with Crippen molar-refractivity contribution in [2.75, 3.05) is 6.61 Å². The lowest BCUT2D eigenvalue weighted by Gasteiger charge is -2.15. The summed E-state index contributed by atoms with van der Waals surface area (Å²) in [6, 6.07) is 20.0. The molecule has 0 fully saturated rings. The van der Waals surface area contributed by atoms with Crippen LogP contribution < -0.4 is 9.47 Å². The molecule has 0 heterocycles. The van der Waals surface area contributed by atoms with Crippen molar-refractivity contribution in [3.63, 3.8) is 0 Å². The SMILES string of the molecule is CCOc1cc(/C=C(/C#N)c2ccccc2F)cc(Br)c1OCc1ccc(C)cc1. The quantitative estimate of drug-likeness (QED) is 0.280. The average Bonchev–Trinajstić information content (AvgIpc) is 2.73. The summed E-state index contributed by atoms with van der Waals surface area (Å²) in [6.45, 7) is 4.78. The highest BCUT2D eigenvalue weighted by atomic mass is 79.9. The van der Waals surface area contributed by atoms with Crippen molar-refractivity contribution in [1.29, 1.82) is 5.26 Å². The molecule has 0 amide bonds. The van der Waals surface area contributed by atoms with Crippen LogP contribution in [-0.4, -0.2) is 6.61 Å². The smallest absolute Gasteiger partial charge is 0.175 e. The lowest BCUT2D eigenvalue weighted by molar-refractivity contribution is 0.267. The molecule has 3 aromatic carbocycles. The van der Waals surface area contributed by atoms with Crippen molar-refractivity contribution < 1.29 is 13.9 Å². The standard InChI is InChI=1S/C25H21BrFNO2/c1-3-29-24-14-19(12-20(15-28)21-6-4-5-7-23(21)27)13-22(26)25(24)30-16-18-10-8-17(2)9-11-18/h4-14H,3,16H2,1-2H3/b20-12-. The van der Waals surface area contributed by atoms with Crippen molar-refractivity contribution in [2.24, 2.45) is 0 Å². The van der Waals surface area contributed by atoms with Crippen LogP contribution in [0.5, 0.6) is 11.5 Å². The Morgan fingerprint density at radius 3 is 2.50 bits per heavy atom. The Labute approximate surface area is 184 Å². The first-order chi connectivity index (χ1) is 14.5. The molecule has 0 radical (unpaired) electrons. The van der Waals surface area contributed by atoms with Gasteiger partial charge in [-0.15, -0.1) is 0 Å². The number of rotatable bonds is 7. The largest absolute Gasteiger partial charge is 0.490 e. The zero-order valence-electron chi connectivity index (χ0n) is 16.8. The molecule has 0 N–H and O–H groups in total. The first-order valence-electron chi connectivity index (χ1n) is 9.53. The monoisotopic (exact) mass is 465 g/mol. The number of benzene rings is 3. The molecule has 0 saturated carbocycles. The van der Waals surface area contributed by atoms with E-state index in [1.54, 1.807) is 30.3 Å². The molecule has 3 aromatic rings. The molecule has 0 saturated heterocycles. The molecule has 0 spiro atoms. The highest BCUT2D eigenvalue weighted by molar-refractivity contribution is 9.10. The van der Waals surface area contributed by atoms with Gasteiger partial charge in [0.2, 0.25) is 0 Å². The van der Waals surface area contributed by atoms with E-state index in [9.17, 15) is 9.65 Å². The Hall–Kier alpha value is -3.10. The molecule has 0 aliphatic rings. The Balaban J connectivity index is 1.93. The maximum Gasteiger partial charge on any atom is 0.175 e. The van der Waals surface area contributed by atoms with E-state index in [1.165, 1.54) is 11.6 Å². The molecular weight excluding hydrogens is 445 g/mol. The summed E-state index contributed by atoms with van der Waals surface area (Å²) in [4.78, 5) is 0. The fourth-order valence-electron chi connectivity index (χ4n) is 2.93. The maximum atomic E-state index is 14.1. The molecule has 30 heavy (non-hydrogen) atoms. The summed E-state index contributed by atoms with van der Waals surface area (Å²) in [7, 11) is 0. The number of allylic oxidation sites excluding steroid dienone is 1. The van der Waals surface area contributed by atoms with E-state index >= 15 is 0 Å².